The molecule has 0 atom stereocenters. The van der Waals surface area contributed by atoms with Crippen LogP contribution in [0.3, 0.4) is 0 Å². The molecule has 2 aliphatic rings. The lowest BCUT2D eigenvalue weighted by Gasteiger charge is -2.39. The summed E-state index contributed by atoms with van der Waals surface area (Å²) in [5.74, 6) is 1.51. The van der Waals surface area contributed by atoms with Crippen molar-refractivity contribution in [2.45, 2.75) is 31.6 Å². The summed E-state index contributed by atoms with van der Waals surface area (Å²) in [7, 11) is -3.15. The lowest BCUT2D eigenvalue weighted by Crippen LogP contribution is -2.48. The molecule has 0 unspecified atom stereocenters. The molecule has 2 fully saturated rings. The molecule has 0 N–H and O–H groups in total. The Morgan fingerprint density at radius 1 is 1.00 bits per heavy atom. The van der Waals surface area contributed by atoms with Crippen LogP contribution < -0.4 is 4.90 Å². The van der Waals surface area contributed by atoms with Crippen LogP contribution in [-0.2, 0) is 15.4 Å². The second-order valence-electron chi connectivity index (χ2n) is 8.63. The van der Waals surface area contributed by atoms with Gasteiger partial charge in [0.25, 0.3) is 0 Å². The average molecular weight is 427 g/mol. The molecule has 1 saturated heterocycles. The van der Waals surface area contributed by atoms with Crippen LogP contribution in [0.2, 0.25) is 0 Å². The summed E-state index contributed by atoms with van der Waals surface area (Å²) in [4.78, 5) is 11.0. The van der Waals surface area contributed by atoms with Gasteiger partial charge in [-0.15, -0.1) is 0 Å². The van der Waals surface area contributed by atoms with E-state index < -0.39 is 10.0 Å². The number of hydrogen-bond acceptors (Lipinski definition) is 6. The van der Waals surface area contributed by atoms with Crippen LogP contribution in [0.5, 0.6) is 0 Å². The minimum Gasteiger partial charge on any atom is -0.354 e. The van der Waals surface area contributed by atoms with Crippen molar-refractivity contribution in [1.82, 2.24) is 24.1 Å². The predicted octanol–water partition coefficient (Wildman–Crippen LogP) is 2.34. The zero-order valence-electron chi connectivity index (χ0n) is 17.3. The summed E-state index contributed by atoms with van der Waals surface area (Å²) < 4.78 is 26.9. The lowest BCUT2D eigenvalue weighted by atomic mass is 9.66. The first-order valence-electron chi connectivity index (χ1n) is 10.3. The number of aromatic nitrogens is 4. The summed E-state index contributed by atoms with van der Waals surface area (Å²) in [6, 6.07) is 8.54. The molecule has 1 aliphatic carbocycles. The minimum absolute atomic E-state index is 0.263. The first-order valence-corrected chi connectivity index (χ1v) is 12.2. The van der Waals surface area contributed by atoms with Crippen molar-refractivity contribution in [3.8, 4) is 5.82 Å². The van der Waals surface area contributed by atoms with E-state index in [-0.39, 0.29) is 5.41 Å². The molecule has 1 aliphatic heterocycles. The number of hydrogen-bond donors (Lipinski definition) is 0. The van der Waals surface area contributed by atoms with Crippen LogP contribution in [0.25, 0.3) is 16.7 Å². The van der Waals surface area contributed by atoms with E-state index in [4.69, 9.17) is 0 Å². The third-order valence-electron chi connectivity index (χ3n) is 6.61. The van der Waals surface area contributed by atoms with Gasteiger partial charge in [0.15, 0.2) is 5.82 Å². The number of anilines is 1. The zero-order valence-corrected chi connectivity index (χ0v) is 18.1. The van der Waals surface area contributed by atoms with E-state index in [2.05, 4.69) is 45.1 Å². The maximum atomic E-state index is 11.8. The highest BCUT2D eigenvalue weighted by molar-refractivity contribution is 7.88. The molecule has 5 rings (SSSR count). The molecule has 0 radical (unpaired) electrons. The molecule has 9 heteroatoms. The predicted molar refractivity (Wildman–Crippen MR) is 116 cm³/mol. The largest absolute Gasteiger partial charge is 0.354 e. The Bertz CT molecular complexity index is 1190. The highest BCUT2D eigenvalue weighted by atomic mass is 32.2. The highest BCUT2D eigenvalue weighted by Crippen LogP contribution is 2.43. The second kappa shape index (κ2) is 7.02. The Labute approximate surface area is 176 Å². The number of piperazine rings is 1. The van der Waals surface area contributed by atoms with Gasteiger partial charge in [0.05, 0.1) is 18.0 Å². The van der Waals surface area contributed by atoms with Crippen molar-refractivity contribution in [2.75, 3.05) is 37.3 Å². The molecule has 1 saturated carbocycles. The van der Waals surface area contributed by atoms with Crippen molar-refractivity contribution in [3.05, 3.63) is 42.4 Å². The fraction of sp³-hybridized carbons (Fsp3) is 0.476. The van der Waals surface area contributed by atoms with E-state index in [9.17, 15) is 8.42 Å². The zero-order chi connectivity index (χ0) is 20.9. The molecule has 3 heterocycles. The molecular weight excluding hydrogens is 400 g/mol. The number of nitrogens with zero attached hydrogens (tertiary/aromatic N) is 6. The normalized spacial score (nSPS) is 19.7. The molecule has 2 aromatic heterocycles. The molecule has 0 spiro atoms. The molecule has 8 nitrogen and oxygen atoms in total. The highest BCUT2D eigenvalue weighted by Gasteiger charge is 2.33. The standard InChI is InChI=1S/C21H26N6O2S/c1-21(6-3-7-21)17-5-4-16-14-24-27(18(16)12-17)20-13-19(22-15-23-20)25-8-10-26(11-9-25)30(2,28)29/h4-5,12-15H,3,6-11H2,1-2H3. The summed E-state index contributed by atoms with van der Waals surface area (Å²) >= 11 is 0. The Kier molecular flexibility index (Phi) is 4.55. The quantitative estimate of drug-likeness (QED) is 0.637. The van der Waals surface area contributed by atoms with E-state index >= 15 is 0 Å². The van der Waals surface area contributed by atoms with Gasteiger partial charge in [-0.05, 0) is 29.9 Å². The number of benzene rings is 1. The minimum atomic E-state index is -3.15. The van der Waals surface area contributed by atoms with E-state index in [1.807, 2.05) is 16.9 Å². The topological polar surface area (TPSA) is 84.2 Å². The van der Waals surface area contributed by atoms with Crippen LogP contribution in [0.4, 0.5) is 5.82 Å². The molecule has 3 aromatic rings. The summed E-state index contributed by atoms with van der Waals surface area (Å²) in [6.45, 7) is 4.46. The van der Waals surface area contributed by atoms with Crippen molar-refractivity contribution >= 4 is 26.7 Å². The smallest absolute Gasteiger partial charge is 0.211 e. The van der Waals surface area contributed by atoms with Crippen LogP contribution in [-0.4, -0.2) is 64.9 Å². The first-order chi connectivity index (χ1) is 14.3. The van der Waals surface area contributed by atoms with Crippen LogP contribution in [0.1, 0.15) is 31.7 Å². The van der Waals surface area contributed by atoms with Crippen molar-refractivity contribution in [2.24, 2.45) is 0 Å². The van der Waals surface area contributed by atoms with Crippen LogP contribution in [0, 0.1) is 0 Å². The van der Waals surface area contributed by atoms with Gasteiger partial charge >= 0.3 is 0 Å². The van der Waals surface area contributed by atoms with Gasteiger partial charge in [-0.3, -0.25) is 0 Å². The molecule has 0 bridgehead atoms. The van der Waals surface area contributed by atoms with Gasteiger partial charge in [0, 0.05) is 37.6 Å². The number of fused-ring (bicyclic) bond motifs is 1. The van der Waals surface area contributed by atoms with Gasteiger partial charge < -0.3 is 4.90 Å². The van der Waals surface area contributed by atoms with Crippen molar-refractivity contribution in [3.63, 3.8) is 0 Å². The van der Waals surface area contributed by atoms with Gasteiger partial charge in [-0.2, -0.15) is 9.40 Å². The van der Waals surface area contributed by atoms with E-state index in [0.29, 0.717) is 26.2 Å². The van der Waals surface area contributed by atoms with E-state index in [1.165, 1.54) is 35.4 Å². The lowest BCUT2D eigenvalue weighted by molar-refractivity contribution is 0.272. The summed E-state index contributed by atoms with van der Waals surface area (Å²) in [5.41, 5.74) is 2.67. The van der Waals surface area contributed by atoms with Gasteiger partial charge in [0.2, 0.25) is 10.0 Å². The van der Waals surface area contributed by atoms with Crippen LogP contribution in [0.15, 0.2) is 36.8 Å². The van der Waals surface area contributed by atoms with Crippen molar-refractivity contribution in [1.29, 1.82) is 0 Å². The van der Waals surface area contributed by atoms with Crippen molar-refractivity contribution < 1.29 is 8.42 Å². The third kappa shape index (κ3) is 3.35. The fourth-order valence-electron chi connectivity index (χ4n) is 4.45. The SMILES string of the molecule is CC1(c2ccc3cnn(-c4cc(N5CCN(S(C)(=O)=O)CC5)ncn4)c3c2)CCC1. The Morgan fingerprint density at radius 2 is 1.73 bits per heavy atom. The Hall–Kier alpha value is -2.52. The third-order valence-corrected chi connectivity index (χ3v) is 7.91. The maximum Gasteiger partial charge on any atom is 0.211 e. The second-order valence-corrected chi connectivity index (χ2v) is 10.6. The molecule has 30 heavy (non-hydrogen) atoms. The van der Waals surface area contributed by atoms with Gasteiger partial charge in [-0.1, -0.05) is 25.5 Å². The van der Waals surface area contributed by atoms with Gasteiger partial charge in [-0.25, -0.2) is 23.1 Å². The summed E-state index contributed by atoms with van der Waals surface area (Å²) in [6.07, 6.45) is 8.42. The Balaban J connectivity index is 1.44. The first kappa shape index (κ1) is 19.4. The van der Waals surface area contributed by atoms with Gasteiger partial charge in [0.1, 0.15) is 12.1 Å². The van der Waals surface area contributed by atoms with E-state index in [0.717, 1.165) is 22.5 Å². The average Bonchev–Trinajstić information content (AvgIpc) is 3.15. The molecule has 0 amide bonds. The number of rotatable bonds is 4. The number of sulfonamides is 1. The molecular formula is C21H26N6O2S. The molecule has 158 valence electrons. The molecule has 1 aromatic carbocycles. The van der Waals surface area contributed by atoms with E-state index in [1.54, 1.807) is 6.33 Å². The Morgan fingerprint density at radius 3 is 2.40 bits per heavy atom. The summed E-state index contributed by atoms with van der Waals surface area (Å²) in [5, 5.41) is 5.67. The maximum absolute atomic E-state index is 11.8. The fourth-order valence-corrected chi connectivity index (χ4v) is 5.27. The van der Waals surface area contributed by atoms with Crippen LogP contribution >= 0.6 is 0 Å². The monoisotopic (exact) mass is 426 g/mol.